The van der Waals surface area contributed by atoms with Crippen LogP contribution in [0, 0.1) is 5.92 Å². The zero-order valence-corrected chi connectivity index (χ0v) is 19.3. The van der Waals surface area contributed by atoms with Crippen LogP contribution in [0.5, 0.6) is 0 Å². The van der Waals surface area contributed by atoms with Crippen molar-refractivity contribution in [1.29, 1.82) is 0 Å². The van der Waals surface area contributed by atoms with Crippen molar-refractivity contribution in [2.75, 3.05) is 26.2 Å². The third kappa shape index (κ3) is 5.02. The molecule has 0 bridgehead atoms. The fourth-order valence-electron chi connectivity index (χ4n) is 4.16. The number of likely N-dealkylation sites (tertiary alicyclic amines) is 1. The van der Waals surface area contributed by atoms with Gasteiger partial charge in [0.15, 0.2) is 0 Å². The molecule has 32 heavy (non-hydrogen) atoms. The summed E-state index contributed by atoms with van der Waals surface area (Å²) >= 11 is 7.03. The Morgan fingerprint density at radius 3 is 2.50 bits per heavy atom. The number of imide groups is 1. The summed E-state index contributed by atoms with van der Waals surface area (Å²) in [4.78, 5) is 53.3. The first-order valence-corrected chi connectivity index (χ1v) is 12.2. The molecule has 9 heteroatoms. The van der Waals surface area contributed by atoms with Crippen molar-refractivity contribution in [3.05, 3.63) is 45.3 Å². The first-order chi connectivity index (χ1) is 15.4. The highest BCUT2D eigenvalue weighted by Gasteiger charge is 2.39. The maximum atomic E-state index is 12.8. The summed E-state index contributed by atoms with van der Waals surface area (Å²) in [5, 5.41) is 2.81. The number of piperidine rings is 1. The quantitative estimate of drug-likeness (QED) is 0.632. The zero-order valence-electron chi connectivity index (χ0n) is 17.8. The van der Waals surface area contributed by atoms with E-state index in [2.05, 4.69) is 5.32 Å². The van der Waals surface area contributed by atoms with E-state index in [-0.39, 0.29) is 18.4 Å². The largest absolute Gasteiger partial charge is 0.355 e. The van der Waals surface area contributed by atoms with E-state index in [0.29, 0.717) is 53.9 Å². The lowest BCUT2D eigenvalue weighted by Crippen LogP contribution is -2.40. The Balaban J connectivity index is 1.32. The Hall–Kier alpha value is -2.32. The minimum absolute atomic E-state index is 0.138. The van der Waals surface area contributed by atoms with Crippen LogP contribution in [-0.4, -0.2) is 58.9 Å². The van der Waals surface area contributed by atoms with Gasteiger partial charge in [0.05, 0.1) is 15.5 Å². The second kappa shape index (κ2) is 10.1. The summed E-state index contributed by atoms with van der Waals surface area (Å²) in [5.74, 6) is -0.165. The minimum Gasteiger partial charge on any atom is -0.355 e. The third-order valence-corrected chi connectivity index (χ3v) is 7.72. The average Bonchev–Trinajstić information content (AvgIpc) is 3.04. The Morgan fingerprint density at radius 1 is 1.12 bits per heavy atom. The number of hydrogen-bond donors (Lipinski definition) is 1. The summed E-state index contributed by atoms with van der Waals surface area (Å²) < 4.78 is 0. The molecule has 3 fully saturated rings. The zero-order chi connectivity index (χ0) is 22.7. The number of halogens is 1. The van der Waals surface area contributed by atoms with Crippen LogP contribution in [0.1, 0.15) is 48.9 Å². The van der Waals surface area contributed by atoms with E-state index in [1.54, 1.807) is 29.2 Å². The standard InChI is InChI=1S/C23H26ClN3O4S/c24-18-7-2-1-6-17(18)21(29)26-12-9-16(10-13-26)20-22(30)27(23(31)32-20)14-19(28)25-11-8-15-4-3-5-15/h1-2,6-7,15H,3-5,8-14H2,(H,25,28). The van der Waals surface area contributed by atoms with Crippen molar-refractivity contribution in [2.45, 2.75) is 38.5 Å². The molecular weight excluding hydrogens is 450 g/mol. The van der Waals surface area contributed by atoms with Gasteiger partial charge in [0, 0.05) is 19.6 Å². The van der Waals surface area contributed by atoms with Gasteiger partial charge in [-0.05, 0) is 54.6 Å². The second-order valence-electron chi connectivity index (χ2n) is 8.40. The van der Waals surface area contributed by atoms with Crippen molar-refractivity contribution < 1.29 is 19.2 Å². The lowest BCUT2D eigenvalue weighted by Gasteiger charge is -2.29. The van der Waals surface area contributed by atoms with E-state index in [4.69, 9.17) is 11.6 Å². The van der Waals surface area contributed by atoms with Gasteiger partial charge in [0.25, 0.3) is 17.1 Å². The molecule has 0 spiro atoms. The van der Waals surface area contributed by atoms with Crippen LogP contribution in [0.3, 0.4) is 0 Å². The number of nitrogens with one attached hydrogen (secondary N) is 1. The molecule has 1 aromatic carbocycles. The molecule has 170 valence electrons. The van der Waals surface area contributed by atoms with E-state index in [1.807, 2.05) is 0 Å². The number of carbonyl (C=O) groups is 4. The summed E-state index contributed by atoms with van der Waals surface area (Å²) in [5.41, 5.74) is 1.32. The van der Waals surface area contributed by atoms with Gasteiger partial charge in [-0.15, -0.1) is 0 Å². The number of rotatable bonds is 6. The van der Waals surface area contributed by atoms with E-state index >= 15 is 0 Å². The molecule has 0 atom stereocenters. The van der Waals surface area contributed by atoms with Crippen LogP contribution in [0.15, 0.2) is 34.7 Å². The molecule has 0 aromatic heterocycles. The third-order valence-electron chi connectivity index (χ3n) is 6.33. The number of carbonyl (C=O) groups excluding carboxylic acids is 4. The SMILES string of the molecule is O=C(CN1C(=O)SC(=C2CCN(C(=O)c3ccccc3Cl)CC2)C1=O)NCCC1CCC1. The van der Waals surface area contributed by atoms with Gasteiger partial charge in [-0.2, -0.15) is 0 Å². The number of thioether (sulfide) groups is 1. The fourth-order valence-corrected chi connectivity index (χ4v) is 5.35. The van der Waals surface area contributed by atoms with E-state index in [1.165, 1.54) is 19.3 Å². The average molecular weight is 476 g/mol. The van der Waals surface area contributed by atoms with Gasteiger partial charge in [0.2, 0.25) is 5.91 Å². The second-order valence-corrected chi connectivity index (χ2v) is 9.77. The van der Waals surface area contributed by atoms with Gasteiger partial charge < -0.3 is 10.2 Å². The molecule has 4 rings (SSSR count). The van der Waals surface area contributed by atoms with Gasteiger partial charge in [-0.25, -0.2) is 0 Å². The minimum atomic E-state index is -0.416. The Bertz CT molecular complexity index is 966. The molecule has 4 amide bonds. The monoisotopic (exact) mass is 475 g/mol. The van der Waals surface area contributed by atoms with E-state index in [0.717, 1.165) is 28.7 Å². The van der Waals surface area contributed by atoms with E-state index < -0.39 is 11.1 Å². The van der Waals surface area contributed by atoms with Gasteiger partial charge >= 0.3 is 0 Å². The Labute approximate surface area is 196 Å². The maximum absolute atomic E-state index is 12.8. The highest BCUT2D eigenvalue weighted by Crippen LogP contribution is 2.36. The molecule has 1 saturated carbocycles. The van der Waals surface area contributed by atoms with Crippen LogP contribution in [0.2, 0.25) is 5.02 Å². The Kier molecular flexibility index (Phi) is 7.20. The van der Waals surface area contributed by atoms with Crippen molar-refractivity contribution in [3.8, 4) is 0 Å². The van der Waals surface area contributed by atoms with Crippen LogP contribution >= 0.6 is 23.4 Å². The molecule has 1 aromatic rings. The van der Waals surface area contributed by atoms with Gasteiger partial charge in [0.1, 0.15) is 6.54 Å². The first-order valence-electron chi connectivity index (χ1n) is 11.0. The van der Waals surface area contributed by atoms with Crippen LogP contribution in [0.25, 0.3) is 0 Å². The topological polar surface area (TPSA) is 86.8 Å². The van der Waals surface area contributed by atoms with Gasteiger partial charge in [-0.1, -0.05) is 43.0 Å². The van der Waals surface area contributed by atoms with Crippen LogP contribution in [-0.2, 0) is 9.59 Å². The molecule has 2 saturated heterocycles. The molecule has 2 aliphatic heterocycles. The predicted octanol–water partition coefficient (Wildman–Crippen LogP) is 3.83. The molecule has 0 unspecified atom stereocenters. The maximum Gasteiger partial charge on any atom is 0.294 e. The van der Waals surface area contributed by atoms with Gasteiger partial charge in [-0.3, -0.25) is 24.1 Å². The summed E-state index contributed by atoms with van der Waals surface area (Å²) in [6, 6.07) is 6.93. The fraction of sp³-hybridized carbons (Fsp3) is 0.478. The molecule has 7 nitrogen and oxygen atoms in total. The summed E-state index contributed by atoms with van der Waals surface area (Å²) in [7, 11) is 0. The predicted molar refractivity (Wildman–Crippen MR) is 123 cm³/mol. The molecule has 1 N–H and O–H groups in total. The highest BCUT2D eigenvalue weighted by atomic mass is 35.5. The van der Waals surface area contributed by atoms with Crippen LogP contribution in [0.4, 0.5) is 4.79 Å². The van der Waals surface area contributed by atoms with Crippen molar-refractivity contribution in [2.24, 2.45) is 5.92 Å². The number of hydrogen-bond acceptors (Lipinski definition) is 5. The molecule has 2 heterocycles. The number of amides is 4. The smallest absolute Gasteiger partial charge is 0.294 e. The molecule has 0 radical (unpaired) electrons. The molecule has 1 aliphatic carbocycles. The Morgan fingerprint density at radius 2 is 1.84 bits per heavy atom. The first kappa shape index (κ1) is 22.9. The molecular formula is C23H26ClN3O4S. The highest BCUT2D eigenvalue weighted by molar-refractivity contribution is 8.18. The van der Waals surface area contributed by atoms with Crippen molar-refractivity contribution in [3.63, 3.8) is 0 Å². The normalized spacial score (nSPS) is 19.4. The molecule has 3 aliphatic rings. The summed E-state index contributed by atoms with van der Waals surface area (Å²) in [6.45, 7) is 1.23. The summed E-state index contributed by atoms with van der Waals surface area (Å²) in [6.07, 6.45) is 5.66. The number of benzene rings is 1. The van der Waals surface area contributed by atoms with E-state index in [9.17, 15) is 19.2 Å². The van der Waals surface area contributed by atoms with Crippen LogP contribution < -0.4 is 5.32 Å². The lowest BCUT2D eigenvalue weighted by atomic mass is 9.83. The van der Waals surface area contributed by atoms with Crippen molar-refractivity contribution in [1.82, 2.24) is 15.1 Å². The van der Waals surface area contributed by atoms with Crippen molar-refractivity contribution >= 4 is 46.3 Å². The lowest BCUT2D eigenvalue weighted by molar-refractivity contribution is -0.129. The number of nitrogens with zero attached hydrogens (tertiary/aromatic N) is 2.